The van der Waals surface area contributed by atoms with Gasteiger partial charge in [0.15, 0.2) is 0 Å². The van der Waals surface area contributed by atoms with E-state index in [0.29, 0.717) is 5.92 Å². The predicted octanol–water partition coefficient (Wildman–Crippen LogP) is 5.04. The third-order valence-corrected chi connectivity index (χ3v) is 3.97. The van der Waals surface area contributed by atoms with Crippen LogP contribution in [0, 0.1) is 11.8 Å². The van der Waals surface area contributed by atoms with E-state index in [4.69, 9.17) is 0 Å². The second-order valence-corrected chi connectivity index (χ2v) is 7.78. The molecular formula is C17H28BrN. The minimum absolute atomic E-state index is 0.198. The molecular weight excluding hydrogens is 298 g/mol. The Morgan fingerprint density at radius 1 is 1.16 bits per heavy atom. The van der Waals surface area contributed by atoms with Crippen LogP contribution in [0.1, 0.15) is 46.6 Å². The van der Waals surface area contributed by atoms with E-state index in [-0.39, 0.29) is 5.54 Å². The van der Waals surface area contributed by atoms with E-state index >= 15 is 0 Å². The molecule has 1 atom stereocenters. The van der Waals surface area contributed by atoms with Crippen LogP contribution in [-0.2, 0) is 6.42 Å². The summed E-state index contributed by atoms with van der Waals surface area (Å²) in [6.07, 6.45) is 2.41. The fourth-order valence-electron chi connectivity index (χ4n) is 2.33. The van der Waals surface area contributed by atoms with E-state index in [2.05, 4.69) is 80.1 Å². The summed E-state index contributed by atoms with van der Waals surface area (Å²) in [7, 11) is 0. The smallest absolute Gasteiger partial charge is 0.0207 e. The Balaban J connectivity index is 2.66. The normalized spacial score (nSPS) is 13.8. The van der Waals surface area contributed by atoms with Crippen LogP contribution >= 0.6 is 15.9 Å². The Kier molecular flexibility index (Phi) is 6.55. The van der Waals surface area contributed by atoms with Crippen molar-refractivity contribution < 1.29 is 0 Å². The monoisotopic (exact) mass is 325 g/mol. The molecule has 0 amide bonds. The van der Waals surface area contributed by atoms with E-state index in [1.807, 2.05) is 0 Å². The molecule has 0 saturated heterocycles. The Bertz CT molecular complexity index is 379. The van der Waals surface area contributed by atoms with Crippen molar-refractivity contribution in [2.75, 3.05) is 6.54 Å². The van der Waals surface area contributed by atoms with Crippen LogP contribution < -0.4 is 5.32 Å². The maximum atomic E-state index is 3.66. The lowest BCUT2D eigenvalue weighted by molar-refractivity contribution is 0.331. The summed E-state index contributed by atoms with van der Waals surface area (Å²) in [6, 6.07) is 8.58. The molecule has 0 aliphatic carbocycles. The number of halogens is 1. The topological polar surface area (TPSA) is 12.0 Å². The van der Waals surface area contributed by atoms with Crippen molar-refractivity contribution in [1.82, 2.24) is 5.32 Å². The average Bonchev–Trinajstić information content (AvgIpc) is 2.27. The van der Waals surface area contributed by atoms with Crippen LogP contribution in [0.15, 0.2) is 28.7 Å². The highest BCUT2D eigenvalue weighted by Gasteiger charge is 2.16. The molecule has 1 unspecified atom stereocenters. The van der Waals surface area contributed by atoms with Crippen LogP contribution in [0.2, 0.25) is 0 Å². The molecule has 1 aromatic carbocycles. The summed E-state index contributed by atoms with van der Waals surface area (Å²) in [5.41, 5.74) is 1.62. The van der Waals surface area contributed by atoms with Gasteiger partial charge in [-0.2, -0.15) is 0 Å². The molecule has 0 spiro atoms. The van der Waals surface area contributed by atoms with Gasteiger partial charge in [-0.15, -0.1) is 0 Å². The Morgan fingerprint density at radius 2 is 1.79 bits per heavy atom. The first-order valence-electron chi connectivity index (χ1n) is 7.26. The van der Waals surface area contributed by atoms with Gasteiger partial charge in [0.1, 0.15) is 0 Å². The summed E-state index contributed by atoms with van der Waals surface area (Å²) >= 11 is 3.66. The second-order valence-electron chi connectivity index (χ2n) is 6.92. The Labute approximate surface area is 127 Å². The van der Waals surface area contributed by atoms with Crippen molar-refractivity contribution in [3.05, 3.63) is 34.3 Å². The molecule has 19 heavy (non-hydrogen) atoms. The first kappa shape index (κ1) is 16.7. The summed E-state index contributed by atoms with van der Waals surface area (Å²) < 4.78 is 1.24. The molecule has 1 N–H and O–H groups in total. The fraction of sp³-hybridized carbons (Fsp3) is 0.647. The van der Waals surface area contributed by atoms with Gasteiger partial charge in [0.05, 0.1) is 0 Å². The predicted molar refractivity (Wildman–Crippen MR) is 88.5 cm³/mol. The molecule has 0 aliphatic rings. The van der Waals surface area contributed by atoms with E-state index < -0.39 is 0 Å². The lowest BCUT2D eigenvalue weighted by atomic mass is 9.90. The zero-order valence-corrected chi connectivity index (χ0v) is 14.5. The van der Waals surface area contributed by atoms with Gasteiger partial charge in [-0.3, -0.25) is 0 Å². The molecule has 0 saturated carbocycles. The van der Waals surface area contributed by atoms with Crippen molar-refractivity contribution in [1.29, 1.82) is 0 Å². The molecule has 0 bridgehead atoms. The molecule has 1 rings (SSSR count). The van der Waals surface area contributed by atoms with E-state index in [0.717, 1.165) is 18.9 Å². The molecule has 1 aromatic rings. The molecule has 0 aliphatic heterocycles. The maximum Gasteiger partial charge on any atom is 0.0207 e. The van der Waals surface area contributed by atoms with Gasteiger partial charge < -0.3 is 5.32 Å². The number of benzene rings is 1. The third-order valence-electron chi connectivity index (χ3n) is 3.19. The highest BCUT2D eigenvalue weighted by molar-refractivity contribution is 9.10. The number of hydrogen-bond donors (Lipinski definition) is 1. The Morgan fingerprint density at radius 3 is 2.32 bits per heavy atom. The van der Waals surface area contributed by atoms with Crippen LogP contribution in [0.3, 0.4) is 0 Å². The Hall–Kier alpha value is -0.340. The SMILES string of the molecule is CC(C)CC(CNC(C)(C)C)Cc1ccccc1Br. The average molecular weight is 326 g/mol. The third kappa shape index (κ3) is 7.12. The van der Waals surface area contributed by atoms with Crippen LogP contribution in [0.4, 0.5) is 0 Å². The maximum absolute atomic E-state index is 3.66. The highest BCUT2D eigenvalue weighted by Crippen LogP contribution is 2.23. The van der Waals surface area contributed by atoms with Crippen molar-refractivity contribution in [2.45, 2.75) is 53.0 Å². The van der Waals surface area contributed by atoms with Crippen molar-refractivity contribution >= 4 is 15.9 Å². The molecule has 1 nitrogen and oxygen atoms in total. The largest absolute Gasteiger partial charge is 0.312 e. The van der Waals surface area contributed by atoms with Gasteiger partial charge in [0.25, 0.3) is 0 Å². The van der Waals surface area contributed by atoms with Gasteiger partial charge in [0, 0.05) is 10.0 Å². The molecule has 0 aromatic heterocycles. The van der Waals surface area contributed by atoms with Crippen LogP contribution in [-0.4, -0.2) is 12.1 Å². The summed E-state index contributed by atoms with van der Waals surface area (Å²) in [6.45, 7) is 12.4. The fourth-order valence-corrected chi connectivity index (χ4v) is 2.78. The number of nitrogens with one attached hydrogen (secondary N) is 1. The van der Waals surface area contributed by atoms with Gasteiger partial charge in [0.2, 0.25) is 0 Å². The molecule has 108 valence electrons. The summed E-state index contributed by atoms with van der Waals surface area (Å²) in [5.74, 6) is 1.44. The van der Waals surface area contributed by atoms with Gasteiger partial charge in [-0.25, -0.2) is 0 Å². The zero-order valence-electron chi connectivity index (χ0n) is 13.0. The highest BCUT2D eigenvalue weighted by atomic mass is 79.9. The number of rotatable bonds is 6. The van der Waals surface area contributed by atoms with E-state index in [9.17, 15) is 0 Å². The van der Waals surface area contributed by atoms with Crippen molar-refractivity contribution in [3.8, 4) is 0 Å². The van der Waals surface area contributed by atoms with Gasteiger partial charge in [-0.05, 0) is 63.6 Å². The minimum atomic E-state index is 0.198. The lowest BCUT2D eigenvalue weighted by Gasteiger charge is -2.26. The van der Waals surface area contributed by atoms with Gasteiger partial charge in [-0.1, -0.05) is 48.0 Å². The van der Waals surface area contributed by atoms with Crippen molar-refractivity contribution in [2.24, 2.45) is 11.8 Å². The zero-order chi connectivity index (χ0) is 14.5. The number of hydrogen-bond acceptors (Lipinski definition) is 1. The van der Waals surface area contributed by atoms with E-state index in [1.165, 1.54) is 16.5 Å². The minimum Gasteiger partial charge on any atom is -0.312 e. The first-order valence-corrected chi connectivity index (χ1v) is 8.05. The molecule has 0 heterocycles. The van der Waals surface area contributed by atoms with Crippen LogP contribution in [0.5, 0.6) is 0 Å². The van der Waals surface area contributed by atoms with Gasteiger partial charge >= 0.3 is 0 Å². The van der Waals surface area contributed by atoms with Crippen molar-refractivity contribution in [3.63, 3.8) is 0 Å². The van der Waals surface area contributed by atoms with E-state index in [1.54, 1.807) is 0 Å². The second kappa shape index (κ2) is 7.44. The molecule has 0 radical (unpaired) electrons. The quantitative estimate of drug-likeness (QED) is 0.772. The summed E-state index contributed by atoms with van der Waals surface area (Å²) in [5, 5.41) is 3.65. The standard InChI is InChI=1S/C17H28BrN/c1-13(2)10-14(12-19-17(3,4)5)11-15-8-6-7-9-16(15)18/h6-9,13-14,19H,10-12H2,1-5H3. The summed E-state index contributed by atoms with van der Waals surface area (Å²) in [4.78, 5) is 0. The molecule has 0 fully saturated rings. The van der Waals surface area contributed by atoms with Crippen LogP contribution in [0.25, 0.3) is 0 Å². The first-order chi connectivity index (χ1) is 8.78. The lowest BCUT2D eigenvalue weighted by Crippen LogP contribution is -2.39. The molecule has 2 heteroatoms.